The SMILES string of the molecule is CCCC(C)(C)CCC(O)CN(N)C(=O)O. The molecule has 0 aromatic carbocycles. The first-order valence-corrected chi connectivity index (χ1v) is 5.71. The number of amides is 1. The number of hydrogen-bond acceptors (Lipinski definition) is 3. The fourth-order valence-electron chi connectivity index (χ4n) is 1.76. The van der Waals surface area contributed by atoms with E-state index in [1.807, 2.05) is 0 Å². The molecule has 0 rings (SSSR count). The van der Waals surface area contributed by atoms with Gasteiger partial charge in [0.1, 0.15) is 0 Å². The Hall–Kier alpha value is -0.810. The molecule has 0 saturated heterocycles. The maximum absolute atomic E-state index is 10.4. The molecule has 0 aliphatic rings. The number of nitrogens with two attached hydrogens (primary N) is 1. The van der Waals surface area contributed by atoms with E-state index in [2.05, 4.69) is 20.8 Å². The van der Waals surface area contributed by atoms with Gasteiger partial charge in [0.2, 0.25) is 0 Å². The van der Waals surface area contributed by atoms with Crippen molar-refractivity contribution in [2.45, 2.75) is 52.6 Å². The molecule has 0 bridgehead atoms. The van der Waals surface area contributed by atoms with E-state index in [0.29, 0.717) is 11.4 Å². The maximum atomic E-state index is 10.4. The highest BCUT2D eigenvalue weighted by molar-refractivity contribution is 5.63. The standard InChI is InChI=1S/C11H24N2O3/c1-4-6-11(2,3)7-5-9(14)8-13(12)10(15)16/h9,14H,4-8,12H2,1-3H3,(H,15,16). The molecule has 96 valence electrons. The van der Waals surface area contributed by atoms with Crippen LogP contribution in [0.4, 0.5) is 4.79 Å². The fourth-order valence-corrected chi connectivity index (χ4v) is 1.76. The summed E-state index contributed by atoms with van der Waals surface area (Å²) in [6.07, 6.45) is 1.76. The summed E-state index contributed by atoms with van der Waals surface area (Å²) in [5.41, 5.74) is 0.193. The molecular weight excluding hydrogens is 208 g/mol. The van der Waals surface area contributed by atoms with Crippen molar-refractivity contribution in [2.24, 2.45) is 11.3 Å². The Bertz CT molecular complexity index is 219. The van der Waals surface area contributed by atoms with Crippen molar-refractivity contribution in [3.63, 3.8) is 0 Å². The number of carbonyl (C=O) groups is 1. The first-order valence-electron chi connectivity index (χ1n) is 5.71. The first kappa shape index (κ1) is 15.2. The molecule has 0 radical (unpaired) electrons. The van der Waals surface area contributed by atoms with Crippen molar-refractivity contribution in [1.29, 1.82) is 0 Å². The summed E-state index contributed by atoms with van der Waals surface area (Å²) in [5, 5.41) is 18.8. The van der Waals surface area contributed by atoms with Crippen LogP contribution in [0, 0.1) is 5.41 Å². The van der Waals surface area contributed by atoms with Gasteiger partial charge in [0, 0.05) is 0 Å². The normalized spacial score (nSPS) is 13.6. The summed E-state index contributed by atoms with van der Waals surface area (Å²) in [4.78, 5) is 10.4. The molecule has 5 heteroatoms. The van der Waals surface area contributed by atoms with E-state index in [0.717, 1.165) is 19.3 Å². The van der Waals surface area contributed by atoms with E-state index in [1.165, 1.54) is 0 Å². The number of rotatable bonds is 7. The molecule has 0 spiro atoms. The van der Waals surface area contributed by atoms with Gasteiger partial charge >= 0.3 is 6.09 Å². The van der Waals surface area contributed by atoms with Crippen LogP contribution < -0.4 is 5.84 Å². The molecule has 0 heterocycles. The number of aliphatic hydroxyl groups excluding tert-OH is 1. The largest absolute Gasteiger partial charge is 0.464 e. The fraction of sp³-hybridized carbons (Fsp3) is 0.909. The van der Waals surface area contributed by atoms with Crippen molar-refractivity contribution in [3.05, 3.63) is 0 Å². The van der Waals surface area contributed by atoms with Crippen LogP contribution >= 0.6 is 0 Å². The molecule has 0 aliphatic carbocycles. The highest BCUT2D eigenvalue weighted by atomic mass is 16.4. The minimum absolute atomic E-state index is 0.0302. The minimum atomic E-state index is -1.22. The Balaban J connectivity index is 3.88. The molecule has 1 atom stereocenters. The number of nitrogens with zero attached hydrogens (tertiary/aromatic N) is 1. The van der Waals surface area contributed by atoms with Crippen LogP contribution in [0.2, 0.25) is 0 Å². The number of aliphatic hydroxyl groups is 1. The van der Waals surface area contributed by atoms with Gasteiger partial charge in [-0.1, -0.05) is 27.2 Å². The van der Waals surface area contributed by atoms with Crippen LogP contribution in [0.3, 0.4) is 0 Å². The Morgan fingerprint density at radius 3 is 2.44 bits per heavy atom. The molecule has 0 fully saturated rings. The Morgan fingerprint density at radius 1 is 1.44 bits per heavy atom. The van der Waals surface area contributed by atoms with Crippen molar-refractivity contribution >= 4 is 6.09 Å². The van der Waals surface area contributed by atoms with Gasteiger partial charge in [-0.15, -0.1) is 0 Å². The van der Waals surface area contributed by atoms with Crippen LogP contribution in [0.1, 0.15) is 46.5 Å². The van der Waals surface area contributed by atoms with E-state index >= 15 is 0 Å². The molecule has 0 saturated carbocycles. The van der Waals surface area contributed by atoms with Crippen molar-refractivity contribution in [3.8, 4) is 0 Å². The lowest BCUT2D eigenvalue weighted by Gasteiger charge is -2.26. The van der Waals surface area contributed by atoms with E-state index in [-0.39, 0.29) is 12.0 Å². The van der Waals surface area contributed by atoms with Crippen LogP contribution in [-0.4, -0.2) is 34.0 Å². The van der Waals surface area contributed by atoms with E-state index < -0.39 is 12.2 Å². The van der Waals surface area contributed by atoms with Crippen molar-refractivity contribution in [1.82, 2.24) is 5.01 Å². The Morgan fingerprint density at radius 2 is 2.00 bits per heavy atom. The third-order valence-electron chi connectivity index (χ3n) is 2.73. The second kappa shape index (κ2) is 6.70. The van der Waals surface area contributed by atoms with E-state index in [9.17, 15) is 9.90 Å². The number of hydrazine groups is 1. The van der Waals surface area contributed by atoms with Gasteiger partial charge in [-0.25, -0.2) is 15.6 Å². The summed E-state index contributed by atoms with van der Waals surface area (Å²) < 4.78 is 0. The predicted octanol–water partition coefficient (Wildman–Crippen LogP) is 1.81. The summed E-state index contributed by atoms with van der Waals surface area (Å²) in [6, 6.07) is 0. The van der Waals surface area contributed by atoms with Gasteiger partial charge in [0.25, 0.3) is 0 Å². The molecule has 16 heavy (non-hydrogen) atoms. The topological polar surface area (TPSA) is 86.8 Å². The molecule has 0 aromatic rings. The van der Waals surface area contributed by atoms with Gasteiger partial charge in [-0.3, -0.25) is 0 Å². The average Bonchev–Trinajstić information content (AvgIpc) is 2.14. The molecule has 1 unspecified atom stereocenters. The summed E-state index contributed by atoms with van der Waals surface area (Å²) in [6.45, 7) is 6.41. The smallest absolute Gasteiger partial charge is 0.421 e. The molecule has 0 aromatic heterocycles. The quantitative estimate of drug-likeness (QED) is 0.355. The third-order valence-corrected chi connectivity index (χ3v) is 2.73. The zero-order chi connectivity index (χ0) is 12.8. The second-order valence-electron chi connectivity index (χ2n) is 5.04. The summed E-state index contributed by atoms with van der Waals surface area (Å²) >= 11 is 0. The van der Waals surface area contributed by atoms with Gasteiger partial charge < -0.3 is 10.2 Å². The van der Waals surface area contributed by atoms with Gasteiger partial charge in [0.05, 0.1) is 12.6 Å². The lowest BCUT2D eigenvalue weighted by atomic mass is 9.82. The van der Waals surface area contributed by atoms with Crippen LogP contribution in [0.15, 0.2) is 0 Å². The van der Waals surface area contributed by atoms with E-state index in [4.69, 9.17) is 10.9 Å². The second-order valence-corrected chi connectivity index (χ2v) is 5.04. The highest BCUT2D eigenvalue weighted by Crippen LogP contribution is 2.28. The minimum Gasteiger partial charge on any atom is -0.464 e. The molecule has 0 aliphatic heterocycles. The predicted molar refractivity (Wildman–Crippen MR) is 62.8 cm³/mol. The lowest BCUT2D eigenvalue weighted by molar-refractivity contribution is 0.0832. The number of carboxylic acid groups (broad SMARTS) is 1. The molecular formula is C11H24N2O3. The van der Waals surface area contributed by atoms with Crippen LogP contribution in [-0.2, 0) is 0 Å². The first-order chi connectivity index (χ1) is 7.28. The lowest BCUT2D eigenvalue weighted by Crippen LogP contribution is -2.42. The van der Waals surface area contributed by atoms with Crippen LogP contribution in [0.5, 0.6) is 0 Å². The third kappa shape index (κ3) is 6.63. The zero-order valence-corrected chi connectivity index (χ0v) is 10.4. The highest BCUT2D eigenvalue weighted by Gasteiger charge is 2.20. The monoisotopic (exact) mass is 232 g/mol. The van der Waals surface area contributed by atoms with E-state index in [1.54, 1.807) is 0 Å². The zero-order valence-electron chi connectivity index (χ0n) is 10.4. The summed E-state index contributed by atoms with van der Waals surface area (Å²) in [7, 11) is 0. The Labute approximate surface area is 97.2 Å². The van der Waals surface area contributed by atoms with Crippen LogP contribution in [0.25, 0.3) is 0 Å². The maximum Gasteiger partial charge on any atom is 0.421 e. The Kier molecular flexibility index (Phi) is 6.36. The van der Waals surface area contributed by atoms with Gasteiger partial charge in [-0.2, -0.15) is 0 Å². The molecule has 1 amide bonds. The average molecular weight is 232 g/mol. The van der Waals surface area contributed by atoms with Gasteiger partial charge in [-0.05, 0) is 24.7 Å². The molecule has 5 nitrogen and oxygen atoms in total. The summed E-state index contributed by atoms with van der Waals surface area (Å²) in [5.74, 6) is 5.19. The molecule has 4 N–H and O–H groups in total. The van der Waals surface area contributed by atoms with Crippen molar-refractivity contribution < 1.29 is 15.0 Å². The van der Waals surface area contributed by atoms with Gasteiger partial charge in [0.15, 0.2) is 0 Å². The number of hydrogen-bond donors (Lipinski definition) is 3. The van der Waals surface area contributed by atoms with Crippen molar-refractivity contribution in [2.75, 3.05) is 6.54 Å².